The van der Waals surface area contributed by atoms with Gasteiger partial charge in [-0.1, -0.05) is 107 Å². The van der Waals surface area contributed by atoms with Gasteiger partial charge in [0.25, 0.3) is 0 Å². The molecule has 0 bridgehead atoms. The number of ether oxygens (including phenoxy) is 1. The Labute approximate surface area is 176 Å². The third-order valence-electron chi connectivity index (χ3n) is 4.31. The molecule has 4 nitrogen and oxygen atoms in total. The maximum absolute atomic E-state index is 11.2. The Bertz CT molecular complexity index is 334. The van der Waals surface area contributed by atoms with Crippen molar-refractivity contribution in [1.82, 2.24) is 0 Å². The van der Waals surface area contributed by atoms with E-state index in [2.05, 4.69) is 29.8 Å². The molecule has 0 heterocycles. The third kappa shape index (κ3) is 25.4. The number of hydrogen-bond acceptors (Lipinski definition) is 3. The lowest BCUT2D eigenvalue weighted by atomic mass is 10.1. The molecular formula is C22H43BrO4. The van der Waals surface area contributed by atoms with Crippen LogP contribution in [-0.4, -0.2) is 28.5 Å². The molecule has 162 valence electrons. The zero-order valence-electron chi connectivity index (χ0n) is 17.9. The van der Waals surface area contributed by atoms with Gasteiger partial charge in [-0.2, -0.15) is 0 Å². The average molecular weight is 451 g/mol. The highest BCUT2D eigenvalue weighted by molar-refractivity contribution is 9.10. The Morgan fingerprint density at radius 1 is 0.778 bits per heavy atom. The molecule has 0 aromatic heterocycles. The van der Waals surface area contributed by atoms with Crippen LogP contribution in [0.15, 0.2) is 0 Å². The summed E-state index contributed by atoms with van der Waals surface area (Å²) in [6.45, 7) is 6.93. The van der Waals surface area contributed by atoms with Crippen molar-refractivity contribution in [2.75, 3.05) is 6.61 Å². The van der Waals surface area contributed by atoms with E-state index in [0.717, 1.165) is 25.7 Å². The van der Waals surface area contributed by atoms with Gasteiger partial charge in [0.1, 0.15) is 4.83 Å². The van der Waals surface area contributed by atoms with Crippen molar-refractivity contribution in [2.24, 2.45) is 0 Å². The van der Waals surface area contributed by atoms with Crippen LogP contribution in [0.25, 0.3) is 0 Å². The van der Waals surface area contributed by atoms with Crippen LogP contribution in [0.4, 0.5) is 0 Å². The van der Waals surface area contributed by atoms with Crippen LogP contribution < -0.4 is 0 Å². The average Bonchev–Trinajstić information content (AvgIpc) is 2.65. The topological polar surface area (TPSA) is 63.6 Å². The van der Waals surface area contributed by atoms with Crippen molar-refractivity contribution in [2.45, 2.75) is 122 Å². The van der Waals surface area contributed by atoms with E-state index in [1.807, 2.05) is 6.92 Å². The predicted molar refractivity (Wildman–Crippen MR) is 118 cm³/mol. The van der Waals surface area contributed by atoms with Gasteiger partial charge >= 0.3 is 11.9 Å². The van der Waals surface area contributed by atoms with Gasteiger partial charge in [-0.3, -0.25) is 9.59 Å². The van der Waals surface area contributed by atoms with Crippen LogP contribution in [0.5, 0.6) is 0 Å². The number of carboxylic acid groups (broad SMARTS) is 1. The van der Waals surface area contributed by atoms with Gasteiger partial charge in [-0.25, -0.2) is 0 Å². The molecule has 0 aliphatic carbocycles. The minimum Gasteiger partial charge on any atom is -0.480 e. The van der Waals surface area contributed by atoms with E-state index in [-0.39, 0.29) is 10.8 Å². The fourth-order valence-electron chi connectivity index (χ4n) is 2.55. The highest BCUT2D eigenvalue weighted by Crippen LogP contribution is 2.10. The normalized spacial score (nSPS) is 11.4. The summed E-state index contributed by atoms with van der Waals surface area (Å²) >= 11 is 3.00. The van der Waals surface area contributed by atoms with Crippen molar-refractivity contribution in [3.63, 3.8) is 0 Å². The minimum absolute atomic E-state index is 0.0159. The van der Waals surface area contributed by atoms with Crippen molar-refractivity contribution < 1.29 is 19.4 Å². The molecule has 0 amide bonds. The lowest BCUT2D eigenvalue weighted by Crippen LogP contribution is -2.11. The number of unbranched alkanes of at least 4 members (excludes halogenated alkanes) is 10. The second-order valence-electron chi connectivity index (χ2n) is 7.10. The number of carboxylic acids is 1. The zero-order valence-corrected chi connectivity index (χ0v) is 19.5. The maximum Gasteiger partial charge on any atom is 0.317 e. The number of hydrogen-bond donors (Lipinski definition) is 1. The number of rotatable bonds is 17. The molecule has 0 saturated heterocycles. The van der Waals surface area contributed by atoms with Crippen LogP contribution in [0.2, 0.25) is 0 Å². The first kappa shape index (κ1) is 28.6. The highest BCUT2D eigenvalue weighted by Gasteiger charge is 2.09. The predicted octanol–water partition coefficient (Wildman–Crippen LogP) is 7.28. The molecule has 0 aromatic carbocycles. The first-order valence-corrected chi connectivity index (χ1v) is 11.9. The van der Waals surface area contributed by atoms with E-state index in [0.29, 0.717) is 19.4 Å². The van der Waals surface area contributed by atoms with Gasteiger partial charge in [0, 0.05) is 6.42 Å². The first-order chi connectivity index (χ1) is 13.0. The summed E-state index contributed by atoms with van der Waals surface area (Å²) < 4.78 is 5.18. The molecule has 0 saturated carbocycles. The van der Waals surface area contributed by atoms with Crippen LogP contribution in [-0.2, 0) is 14.3 Å². The largest absolute Gasteiger partial charge is 0.480 e. The van der Waals surface area contributed by atoms with Crippen molar-refractivity contribution in [3.8, 4) is 0 Å². The second-order valence-corrected chi connectivity index (χ2v) is 8.21. The molecule has 0 radical (unpaired) electrons. The van der Waals surface area contributed by atoms with Crippen molar-refractivity contribution >= 4 is 27.9 Å². The van der Waals surface area contributed by atoms with E-state index < -0.39 is 5.97 Å². The van der Waals surface area contributed by atoms with E-state index in [9.17, 15) is 9.59 Å². The third-order valence-corrected chi connectivity index (χ3v) is 5.15. The highest BCUT2D eigenvalue weighted by atomic mass is 79.9. The van der Waals surface area contributed by atoms with Gasteiger partial charge in [0.05, 0.1) is 6.61 Å². The lowest BCUT2D eigenvalue weighted by Gasteiger charge is -2.04. The Balaban J connectivity index is 0. The van der Waals surface area contributed by atoms with Crippen molar-refractivity contribution in [1.29, 1.82) is 0 Å². The van der Waals surface area contributed by atoms with Crippen LogP contribution in [0, 0.1) is 0 Å². The molecule has 0 fully saturated rings. The number of esters is 1. The summed E-state index contributed by atoms with van der Waals surface area (Å²) in [4.78, 5) is 20.9. The van der Waals surface area contributed by atoms with Crippen LogP contribution >= 0.6 is 15.9 Å². The monoisotopic (exact) mass is 450 g/mol. The summed E-state index contributed by atoms with van der Waals surface area (Å²) in [5.41, 5.74) is 0. The molecular weight excluding hydrogens is 408 g/mol. The van der Waals surface area contributed by atoms with Gasteiger partial charge < -0.3 is 9.84 Å². The first-order valence-electron chi connectivity index (χ1n) is 11.0. The van der Waals surface area contributed by atoms with E-state index >= 15 is 0 Å². The van der Waals surface area contributed by atoms with E-state index in [1.54, 1.807) is 0 Å². The van der Waals surface area contributed by atoms with Gasteiger partial charge in [0.15, 0.2) is 0 Å². The fraction of sp³-hybridized carbons (Fsp3) is 0.909. The molecule has 0 rings (SSSR count). The molecule has 0 spiro atoms. The Hall–Kier alpha value is -0.580. The lowest BCUT2D eigenvalue weighted by molar-refractivity contribution is -0.144. The summed E-state index contributed by atoms with van der Waals surface area (Å²) in [7, 11) is 0. The molecule has 1 atom stereocenters. The molecule has 5 heteroatoms. The van der Waals surface area contributed by atoms with Crippen molar-refractivity contribution in [3.05, 3.63) is 0 Å². The minimum atomic E-state index is -0.771. The summed E-state index contributed by atoms with van der Waals surface area (Å²) in [6, 6.07) is 0. The summed E-state index contributed by atoms with van der Waals surface area (Å²) in [6.07, 6.45) is 17.4. The van der Waals surface area contributed by atoms with Gasteiger partial charge in [-0.15, -0.1) is 0 Å². The zero-order chi connectivity index (χ0) is 20.8. The molecule has 0 aliphatic heterocycles. The molecule has 0 aromatic rings. The molecule has 27 heavy (non-hydrogen) atoms. The molecule has 1 N–H and O–H groups in total. The second kappa shape index (κ2) is 23.5. The number of halogens is 1. The maximum atomic E-state index is 11.2. The number of aliphatic carboxylic acids is 1. The number of alkyl halides is 1. The Morgan fingerprint density at radius 3 is 1.67 bits per heavy atom. The molecule has 0 aliphatic rings. The fourth-order valence-corrected chi connectivity index (χ4v) is 3.00. The smallest absolute Gasteiger partial charge is 0.317 e. The van der Waals surface area contributed by atoms with Crippen LogP contribution in [0.3, 0.4) is 0 Å². The van der Waals surface area contributed by atoms with Gasteiger partial charge in [0.2, 0.25) is 0 Å². The summed E-state index contributed by atoms with van der Waals surface area (Å²) in [5.74, 6) is -0.787. The SMILES string of the molecule is CCCC(Br)C(=O)O.CCCCCCCCCCCCOC(=O)CCCC. The van der Waals surface area contributed by atoms with E-state index in [1.165, 1.54) is 57.8 Å². The quantitative estimate of drug-likeness (QED) is 0.143. The Kier molecular flexibility index (Phi) is 24.9. The number of carbonyl (C=O) groups excluding carboxylic acids is 1. The van der Waals surface area contributed by atoms with Gasteiger partial charge in [-0.05, 0) is 19.3 Å². The standard InChI is InChI=1S/C17H34O2.C5H9BrO2/c1-3-5-7-8-9-10-11-12-13-14-16-19-17(18)15-6-4-2;1-2-3-4(6)5(7)8/h3-16H2,1-2H3;4H,2-3H2,1H3,(H,7,8). The number of carbonyl (C=O) groups is 2. The molecule has 1 unspecified atom stereocenters. The van der Waals surface area contributed by atoms with E-state index in [4.69, 9.17) is 9.84 Å². The summed E-state index contributed by atoms with van der Waals surface area (Å²) in [5, 5.41) is 8.27. The van der Waals surface area contributed by atoms with Crippen LogP contribution in [0.1, 0.15) is 117 Å². The Morgan fingerprint density at radius 2 is 1.26 bits per heavy atom.